The summed E-state index contributed by atoms with van der Waals surface area (Å²) in [6.07, 6.45) is 5.16. The molecule has 2 bridgehead atoms. The van der Waals surface area contributed by atoms with E-state index in [1.54, 1.807) is 0 Å². The van der Waals surface area contributed by atoms with Crippen LogP contribution in [-0.4, -0.2) is 30.1 Å². The van der Waals surface area contributed by atoms with Crippen molar-refractivity contribution in [2.75, 3.05) is 7.05 Å². The van der Waals surface area contributed by atoms with Crippen molar-refractivity contribution in [3.8, 4) is 5.75 Å². The van der Waals surface area contributed by atoms with Crippen LogP contribution in [0.4, 0.5) is 0 Å². The average Bonchev–Trinajstić information content (AvgIpc) is 3.03. The largest absolute Gasteiger partial charge is 0.489 e. The van der Waals surface area contributed by atoms with Gasteiger partial charge in [0.2, 0.25) is 0 Å². The summed E-state index contributed by atoms with van der Waals surface area (Å²) in [4.78, 5) is 2.57. The third kappa shape index (κ3) is 5.17. The SMILES string of the molecule is CN1C2CCC1CC(OC(c1ccccc1)c1ccc(OCc3ccccc3)cc1)C2.Cl. The molecule has 0 aliphatic carbocycles. The number of hydrogen-bond donors (Lipinski definition) is 0. The summed E-state index contributed by atoms with van der Waals surface area (Å²) in [6, 6.07) is 30.7. The molecule has 2 fully saturated rings. The Bertz CT molecular complexity index is 950. The minimum atomic E-state index is -0.0443. The molecule has 32 heavy (non-hydrogen) atoms. The van der Waals surface area contributed by atoms with Crippen LogP contribution in [0.1, 0.15) is 48.5 Å². The topological polar surface area (TPSA) is 21.7 Å². The Hall–Kier alpha value is -2.33. The molecule has 2 heterocycles. The van der Waals surface area contributed by atoms with Crippen molar-refractivity contribution in [3.63, 3.8) is 0 Å². The molecule has 2 saturated heterocycles. The maximum atomic E-state index is 6.79. The van der Waals surface area contributed by atoms with Crippen LogP contribution in [0.3, 0.4) is 0 Å². The molecular formula is C28H32ClNO2. The molecule has 0 N–H and O–H groups in total. The Kier molecular flexibility index (Phi) is 7.51. The van der Waals surface area contributed by atoms with Gasteiger partial charge >= 0.3 is 0 Å². The fourth-order valence-electron chi connectivity index (χ4n) is 5.12. The van der Waals surface area contributed by atoms with Gasteiger partial charge in [-0.15, -0.1) is 12.4 Å². The highest BCUT2D eigenvalue weighted by atomic mass is 35.5. The van der Waals surface area contributed by atoms with Crippen molar-refractivity contribution in [1.29, 1.82) is 0 Å². The second kappa shape index (κ2) is 10.5. The summed E-state index contributed by atoms with van der Waals surface area (Å²) in [5.74, 6) is 0.886. The van der Waals surface area contributed by atoms with Gasteiger partial charge in [0.1, 0.15) is 18.5 Å². The highest BCUT2D eigenvalue weighted by molar-refractivity contribution is 5.85. The second-order valence-corrected chi connectivity index (χ2v) is 8.91. The third-order valence-corrected chi connectivity index (χ3v) is 6.92. The lowest BCUT2D eigenvalue weighted by molar-refractivity contribution is -0.0426. The number of rotatable bonds is 7. The Labute approximate surface area is 197 Å². The molecule has 3 atom stereocenters. The monoisotopic (exact) mass is 449 g/mol. The molecule has 168 valence electrons. The number of fused-ring (bicyclic) bond motifs is 2. The van der Waals surface area contributed by atoms with Crippen LogP contribution in [0.2, 0.25) is 0 Å². The van der Waals surface area contributed by atoms with Crippen molar-refractivity contribution < 1.29 is 9.47 Å². The summed E-state index contributed by atoms with van der Waals surface area (Å²) < 4.78 is 12.8. The zero-order valence-electron chi connectivity index (χ0n) is 18.6. The number of nitrogens with zero attached hydrogens (tertiary/aromatic N) is 1. The van der Waals surface area contributed by atoms with Gasteiger partial charge in [-0.05, 0) is 61.6 Å². The van der Waals surface area contributed by atoms with Gasteiger partial charge in [-0.2, -0.15) is 0 Å². The molecule has 5 rings (SSSR count). The van der Waals surface area contributed by atoms with Gasteiger partial charge in [-0.1, -0.05) is 72.8 Å². The van der Waals surface area contributed by atoms with E-state index in [2.05, 4.69) is 78.7 Å². The van der Waals surface area contributed by atoms with Gasteiger partial charge in [0, 0.05) is 12.1 Å². The predicted octanol–water partition coefficient (Wildman–Crippen LogP) is 6.42. The lowest BCUT2D eigenvalue weighted by Gasteiger charge is -2.38. The summed E-state index contributed by atoms with van der Waals surface area (Å²) >= 11 is 0. The molecule has 3 aromatic carbocycles. The van der Waals surface area contributed by atoms with Crippen LogP contribution in [0.5, 0.6) is 5.75 Å². The number of halogens is 1. The summed E-state index contributed by atoms with van der Waals surface area (Å²) in [6.45, 7) is 0.581. The fraction of sp³-hybridized carbons (Fsp3) is 0.357. The molecule has 3 unspecified atom stereocenters. The lowest BCUT2D eigenvalue weighted by atomic mass is 9.97. The van der Waals surface area contributed by atoms with Crippen LogP contribution in [0.25, 0.3) is 0 Å². The highest BCUT2D eigenvalue weighted by Crippen LogP contribution is 2.39. The summed E-state index contributed by atoms with van der Waals surface area (Å²) in [5, 5.41) is 0. The van der Waals surface area contributed by atoms with Gasteiger partial charge < -0.3 is 14.4 Å². The summed E-state index contributed by atoms with van der Waals surface area (Å²) in [7, 11) is 2.28. The molecule has 2 aliphatic heterocycles. The van der Waals surface area contributed by atoms with E-state index in [9.17, 15) is 0 Å². The van der Waals surface area contributed by atoms with E-state index in [0.717, 1.165) is 18.6 Å². The molecule has 3 aromatic rings. The molecule has 4 heteroatoms. The van der Waals surface area contributed by atoms with Crippen molar-refractivity contribution in [2.45, 2.75) is 56.6 Å². The maximum Gasteiger partial charge on any atom is 0.119 e. The van der Waals surface area contributed by atoms with Gasteiger partial charge in [0.05, 0.1) is 6.10 Å². The van der Waals surface area contributed by atoms with E-state index in [0.29, 0.717) is 24.8 Å². The Morgan fingerprint density at radius 3 is 1.97 bits per heavy atom. The first-order valence-corrected chi connectivity index (χ1v) is 11.5. The van der Waals surface area contributed by atoms with Gasteiger partial charge in [0.25, 0.3) is 0 Å². The number of benzene rings is 3. The van der Waals surface area contributed by atoms with Gasteiger partial charge in [-0.25, -0.2) is 0 Å². The predicted molar refractivity (Wildman–Crippen MR) is 131 cm³/mol. The van der Waals surface area contributed by atoms with Crippen molar-refractivity contribution >= 4 is 12.4 Å². The Morgan fingerprint density at radius 2 is 1.34 bits per heavy atom. The van der Waals surface area contributed by atoms with Crippen LogP contribution >= 0.6 is 12.4 Å². The zero-order chi connectivity index (χ0) is 21.0. The van der Waals surface area contributed by atoms with Gasteiger partial charge in [-0.3, -0.25) is 0 Å². The van der Waals surface area contributed by atoms with Crippen LogP contribution in [0.15, 0.2) is 84.9 Å². The van der Waals surface area contributed by atoms with Crippen LogP contribution < -0.4 is 4.74 Å². The van der Waals surface area contributed by atoms with Crippen LogP contribution in [-0.2, 0) is 11.3 Å². The Morgan fingerprint density at radius 1 is 0.781 bits per heavy atom. The van der Waals surface area contributed by atoms with E-state index in [-0.39, 0.29) is 18.5 Å². The molecule has 0 radical (unpaired) electrons. The first-order chi connectivity index (χ1) is 15.3. The number of hydrogen-bond acceptors (Lipinski definition) is 3. The molecule has 0 aromatic heterocycles. The van der Waals surface area contributed by atoms with E-state index < -0.39 is 0 Å². The Balaban J connectivity index is 0.00000245. The molecule has 3 nitrogen and oxygen atoms in total. The van der Waals surface area contributed by atoms with Crippen molar-refractivity contribution in [1.82, 2.24) is 4.90 Å². The molecular weight excluding hydrogens is 418 g/mol. The van der Waals surface area contributed by atoms with E-state index in [1.165, 1.54) is 29.5 Å². The number of ether oxygens (including phenoxy) is 2. The normalized spacial score (nSPS) is 23.3. The van der Waals surface area contributed by atoms with Crippen LogP contribution in [0, 0.1) is 0 Å². The average molecular weight is 450 g/mol. The standard InChI is InChI=1S/C28H31NO2.ClH/c1-29-24-14-15-25(29)19-27(18-24)31-28(22-10-6-3-7-11-22)23-12-16-26(17-13-23)30-20-21-8-4-2-5-9-21;/h2-13,16-17,24-25,27-28H,14-15,18-20H2,1H3;1H. The third-order valence-electron chi connectivity index (χ3n) is 6.92. The van der Waals surface area contributed by atoms with E-state index in [1.807, 2.05) is 18.2 Å². The van der Waals surface area contributed by atoms with Crippen molar-refractivity contribution in [3.05, 3.63) is 102 Å². The van der Waals surface area contributed by atoms with Gasteiger partial charge in [0.15, 0.2) is 0 Å². The summed E-state index contributed by atoms with van der Waals surface area (Å²) in [5.41, 5.74) is 3.57. The first kappa shape index (κ1) is 22.8. The highest BCUT2D eigenvalue weighted by Gasteiger charge is 2.39. The van der Waals surface area contributed by atoms with E-state index >= 15 is 0 Å². The first-order valence-electron chi connectivity index (χ1n) is 11.5. The fourth-order valence-corrected chi connectivity index (χ4v) is 5.12. The minimum absolute atomic E-state index is 0. The molecule has 2 aliphatic rings. The number of piperidine rings is 1. The smallest absolute Gasteiger partial charge is 0.119 e. The molecule has 0 spiro atoms. The second-order valence-electron chi connectivity index (χ2n) is 8.91. The van der Waals surface area contributed by atoms with Crippen molar-refractivity contribution in [2.24, 2.45) is 0 Å². The minimum Gasteiger partial charge on any atom is -0.489 e. The maximum absolute atomic E-state index is 6.79. The van der Waals surface area contributed by atoms with E-state index in [4.69, 9.17) is 9.47 Å². The lowest BCUT2D eigenvalue weighted by Crippen LogP contribution is -2.43. The quantitative estimate of drug-likeness (QED) is 0.415. The zero-order valence-corrected chi connectivity index (χ0v) is 19.4. The molecule has 0 amide bonds. The molecule has 0 saturated carbocycles.